The maximum absolute atomic E-state index is 12.6. The quantitative estimate of drug-likeness (QED) is 0.830. The third kappa shape index (κ3) is 3.66. The van der Waals surface area contributed by atoms with Gasteiger partial charge in [-0.05, 0) is 0 Å². The second-order valence-electron chi connectivity index (χ2n) is 5.99. The fraction of sp³-hybridized carbons (Fsp3) is 0.562. The average molecular weight is 277 g/mol. The van der Waals surface area contributed by atoms with Crippen molar-refractivity contribution < 1.29 is 14.6 Å². The molecule has 1 atom stereocenters. The van der Waals surface area contributed by atoms with E-state index in [4.69, 9.17) is 4.74 Å². The smallest absolute Gasteiger partial charge is 0.169 e. The third-order valence-corrected chi connectivity index (χ3v) is 3.70. The largest absolute Gasteiger partial charge is 0.394 e. The molecule has 1 unspecified atom stereocenters. The number of ketones is 1. The van der Waals surface area contributed by atoms with Gasteiger partial charge < -0.3 is 9.84 Å². The Bertz CT molecular complexity index is 444. The predicted octanol–water partition coefficient (Wildman–Crippen LogP) is 1.59. The van der Waals surface area contributed by atoms with E-state index >= 15 is 0 Å². The number of hydrogen-bond acceptors (Lipinski definition) is 4. The SMILES string of the molecule is CC(C)(CN1CCOC(CO)C1)C(=O)c1ccccc1. The van der Waals surface area contributed by atoms with Crippen LogP contribution < -0.4 is 0 Å². The van der Waals surface area contributed by atoms with Crippen molar-refractivity contribution in [1.82, 2.24) is 4.90 Å². The van der Waals surface area contributed by atoms with E-state index in [1.165, 1.54) is 0 Å². The molecule has 1 aliphatic rings. The Balaban J connectivity index is 2.01. The lowest BCUT2D eigenvalue weighted by atomic mass is 9.83. The molecule has 1 N–H and O–H groups in total. The van der Waals surface area contributed by atoms with Gasteiger partial charge in [0.25, 0.3) is 0 Å². The number of carbonyl (C=O) groups is 1. The van der Waals surface area contributed by atoms with E-state index in [0.29, 0.717) is 19.7 Å². The summed E-state index contributed by atoms with van der Waals surface area (Å²) in [5.41, 5.74) is 0.308. The van der Waals surface area contributed by atoms with Crippen molar-refractivity contribution >= 4 is 5.78 Å². The molecule has 2 rings (SSSR count). The van der Waals surface area contributed by atoms with E-state index < -0.39 is 5.41 Å². The minimum Gasteiger partial charge on any atom is -0.394 e. The van der Waals surface area contributed by atoms with Crippen LogP contribution in [-0.4, -0.2) is 54.7 Å². The number of benzene rings is 1. The van der Waals surface area contributed by atoms with Crippen LogP contribution in [0.25, 0.3) is 0 Å². The van der Waals surface area contributed by atoms with Gasteiger partial charge in [0.05, 0.1) is 19.3 Å². The van der Waals surface area contributed by atoms with E-state index in [0.717, 1.165) is 12.1 Å². The molecule has 0 aromatic heterocycles. The molecular formula is C16H23NO3. The van der Waals surface area contributed by atoms with Crippen molar-refractivity contribution in [3.63, 3.8) is 0 Å². The Morgan fingerprint density at radius 3 is 2.75 bits per heavy atom. The monoisotopic (exact) mass is 277 g/mol. The molecule has 4 heteroatoms. The van der Waals surface area contributed by atoms with E-state index in [9.17, 15) is 9.90 Å². The van der Waals surface area contributed by atoms with Gasteiger partial charge in [0.2, 0.25) is 0 Å². The van der Waals surface area contributed by atoms with Gasteiger partial charge in [-0.1, -0.05) is 44.2 Å². The zero-order valence-electron chi connectivity index (χ0n) is 12.2. The Morgan fingerprint density at radius 2 is 2.10 bits per heavy atom. The molecule has 20 heavy (non-hydrogen) atoms. The van der Waals surface area contributed by atoms with Gasteiger partial charge in [-0.3, -0.25) is 9.69 Å². The van der Waals surface area contributed by atoms with Crippen LogP contribution in [0.4, 0.5) is 0 Å². The molecule has 1 heterocycles. The zero-order valence-corrected chi connectivity index (χ0v) is 12.2. The lowest BCUT2D eigenvalue weighted by molar-refractivity contribution is -0.0587. The van der Waals surface area contributed by atoms with Crippen molar-refractivity contribution in [2.45, 2.75) is 20.0 Å². The maximum Gasteiger partial charge on any atom is 0.169 e. The molecule has 0 radical (unpaired) electrons. The Morgan fingerprint density at radius 1 is 1.40 bits per heavy atom. The summed E-state index contributed by atoms with van der Waals surface area (Å²) in [6, 6.07) is 9.41. The van der Waals surface area contributed by atoms with E-state index in [1.54, 1.807) is 0 Å². The van der Waals surface area contributed by atoms with Gasteiger partial charge in [-0.2, -0.15) is 0 Å². The molecular weight excluding hydrogens is 254 g/mol. The highest BCUT2D eigenvalue weighted by Crippen LogP contribution is 2.24. The zero-order chi connectivity index (χ0) is 14.6. The minimum atomic E-state index is -0.446. The predicted molar refractivity (Wildman–Crippen MR) is 77.8 cm³/mol. The lowest BCUT2D eigenvalue weighted by Gasteiger charge is -2.36. The average Bonchev–Trinajstić information content (AvgIpc) is 2.47. The highest BCUT2D eigenvalue weighted by atomic mass is 16.5. The van der Waals surface area contributed by atoms with E-state index in [-0.39, 0.29) is 18.5 Å². The van der Waals surface area contributed by atoms with Crippen molar-refractivity contribution in [3.8, 4) is 0 Å². The summed E-state index contributed by atoms with van der Waals surface area (Å²) in [6.07, 6.45) is -0.133. The summed E-state index contributed by atoms with van der Waals surface area (Å²) >= 11 is 0. The topological polar surface area (TPSA) is 49.8 Å². The fourth-order valence-electron chi connectivity index (χ4n) is 2.65. The molecule has 1 saturated heterocycles. The first-order valence-corrected chi connectivity index (χ1v) is 7.07. The Hall–Kier alpha value is -1.23. The van der Waals surface area contributed by atoms with Crippen molar-refractivity contribution in [2.75, 3.05) is 32.8 Å². The van der Waals surface area contributed by atoms with Crippen molar-refractivity contribution in [2.24, 2.45) is 5.41 Å². The molecule has 1 fully saturated rings. The number of Topliss-reactive ketones (excluding diaryl/α,β-unsaturated/α-hetero) is 1. The second kappa shape index (κ2) is 6.48. The van der Waals surface area contributed by atoms with Crippen LogP contribution in [0.3, 0.4) is 0 Å². The first kappa shape index (κ1) is 15.2. The fourth-order valence-corrected chi connectivity index (χ4v) is 2.65. The molecule has 1 aromatic rings. The van der Waals surface area contributed by atoms with Crippen LogP contribution in [0.15, 0.2) is 30.3 Å². The molecule has 0 aliphatic carbocycles. The summed E-state index contributed by atoms with van der Waals surface area (Å²) in [4.78, 5) is 14.8. The number of morpholine rings is 1. The Labute approximate surface area is 120 Å². The molecule has 0 spiro atoms. The van der Waals surface area contributed by atoms with Crippen LogP contribution in [0, 0.1) is 5.41 Å². The minimum absolute atomic E-state index is 0.0313. The number of rotatable bonds is 5. The molecule has 1 aromatic carbocycles. The number of ether oxygens (including phenoxy) is 1. The third-order valence-electron chi connectivity index (χ3n) is 3.70. The highest BCUT2D eigenvalue weighted by Gasteiger charge is 2.32. The van der Waals surface area contributed by atoms with Crippen LogP contribution in [0.1, 0.15) is 24.2 Å². The molecule has 4 nitrogen and oxygen atoms in total. The number of nitrogens with zero attached hydrogens (tertiary/aromatic N) is 1. The molecule has 0 saturated carbocycles. The molecule has 1 aliphatic heterocycles. The maximum atomic E-state index is 12.6. The van der Waals surface area contributed by atoms with Gasteiger partial charge in [-0.25, -0.2) is 0 Å². The van der Waals surface area contributed by atoms with Crippen LogP contribution >= 0.6 is 0 Å². The molecule has 0 amide bonds. The summed E-state index contributed by atoms with van der Waals surface area (Å²) in [5.74, 6) is 0.158. The number of aliphatic hydroxyl groups is 1. The lowest BCUT2D eigenvalue weighted by Crippen LogP contribution is -2.49. The number of aliphatic hydroxyl groups excluding tert-OH is 1. The van der Waals surface area contributed by atoms with E-state index in [1.807, 2.05) is 44.2 Å². The standard InChI is InChI=1S/C16H23NO3/c1-16(2,15(19)13-6-4-3-5-7-13)12-17-8-9-20-14(10-17)11-18/h3-7,14,18H,8-12H2,1-2H3. The van der Waals surface area contributed by atoms with Gasteiger partial charge >= 0.3 is 0 Å². The molecule has 0 bridgehead atoms. The highest BCUT2D eigenvalue weighted by molar-refractivity contribution is 6.00. The summed E-state index contributed by atoms with van der Waals surface area (Å²) in [5, 5.41) is 9.18. The van der Waals surface area contributed by atoms with Gasteiger partial charge in [0, 0.05) is 30.6 Å². The first-order valence-electron chi connectivity index (χ1n) is 7.07. The van der Waals surface area contributed by atoms with Crippen molar-refractivity contribution in [1.29, 1.82) is 0 Å². The number of carbonyl (C=O) groups excluding carboxylic acids is 1. The summed E-state index contributed by atoms with van der Waals surface area (Å²) in [7, 11) is 0. The summed E-state index contributed by atoms with van der Waals surface area (Å²) in [6.45, 7) is 6.77. The van der Waals surface area contributed by atoms with Crippen molar-refractivity contribution in [3.05, 3.63) is 35.9 Å². The number of hydrogen-bond donors (Lipinski definition) is 1. The van der Waals surface area contributed by atoms with Crippen LogP contribution in [0.5, 0.6) is 0 Å². The van der Waals surface area contributed by atoms with Crippen LogP contribution in [0.2, 0.25) is 0 Å². The summed E-state index contributed by atoms with van der Waals surface area (Å²) < 4.78 is 5.44. The Kier molecular flexibility index (Phi) is 4.91. The van der Waals surface area contributed by atoms with Gasteiger partial charge in [0.15, 0.2) is 5.78 Å². The van der Waals surface area contributed by atoms with Gasteiger partial charge in [-0.15, -0.1) is 0 Å². The van der Waals surface area contributed by atoms with Gasteiger partial charge in [0.1, 0.15) is 0 Å². The molecule has 110 valence electrons. The van der Waals surface area contributed by atoms with Crippen LogP contribution in [-0.2, 0) is 4.74 Å². The second-order valence-corrected chi connectivity index (χ2v) is 5.99. The first-order chi connectivity index (χ1) is 9.53. The van der Waals surface area contributed by atoms with E-state index in [2.05, 4.69) is 4.90 Å². The normalized spacial score (nSPS) is 20.9.